The number of halogens is 3. The Balaban J connectivity index is 0.00000127. The molecule has 2 N–H and O–H groups in total. The predicted molar refractivity (Wildman–Crippen MR) is 134 cm³/mol. The number of nitrogens with zero attached hydrogens (tertiary/aromatic N) is 4. The Bertz CT molecular complexity index is 1320. The molecule has 38 heavy (non-hydrogen) atoms. The summed E-state index contributed by atoms with van der Waals surface area (Å²) < 4.78 is 51.0. The van der Waals surface area contributed by atoms with Gasteiger partial charge in [-0.1, -0.05) is 24.3 Å². The highest BCUT2D eigenvalue weighted by molar-refractivity contribution is 5.37. The first-order valence-electron chi connectivity index (χ1n) is 11.7. The van der Waals surface area contributed by atoms with Gasteiger partial charge in [0, 0.05) is 24.4 Å². The molecular formula is C27H29F3N4O4. The quantitative estimate of drug-likeness (QED) is 0.353. The standard InChI is InChI=1S/C25H23F3N4O3.C2H6O/c1-16-30-22(12-23(31-16)35-15-17-4-10-21(34-3)11-5-17)32-14-20(13-29-32)24(2,33)18-6-8-19(9-7-18)25(26,27)28;1-2-3/h4-14,33H,15H2,1-3H3;3H,2H2,1H3. The third-order valence-electron chi connectivity index (χ3n) is 5.50. The van der Waals surface area contributed by atoms with Gasteiger partial charge in [0.15, 0.2) is 5.82 Å². The van der Waals surface area contributed by atoms with Crippen LogP contribution in [0.2, 0.25) is 0 Å². The number of aliphatic hydroxyl groups excluding tert-OH is 1. The van der Waals surface area contributed by atoms with E-state index in [1.165, 1.54) is 29.9 Å². The fraction of sp³-hybridized carbons (Fsp3) is 0.296. The maximum absolute atomic E-state index is 12.9. The number of methoxy groups -OCH3 is 1. The molecule has 8 nitrogen and oxygen atoms in total. The number of aromatic nitrogens is 4. The molecule has 4 rings (SSSR count). The van der Waals surface area contributed by atoms with Gasteiger partial charge < -0.3 is 19.7 Å². The van der Waals surface area contributed by atoms with Gasteiger partial charge in [-0.25, -0.2) is 9.67 Å². The summed E-state index contributed by atoms with van der Waals surface area (Å²) in [5.74, 6) is 1.96. The Morgan fingerprint density at radius 1 is 0.947 bits per heavy atom. The van der Waals surface area contributed by atoms with E-state index in [9.17, 15) is 18.3 Å². The van der Waals surface area contributed by atoms with E-state index in [4.69, 9.17) is 14.6 Å². The zero-order chi connectivity index (χ0) is 27.9. The van der Waals surface area contributed by atoms with Crippen LogP contribution in [-0.4, -0.2) is 43.7 Å². The molecule has 2 heterocycles. The number of aliphatic hydroxyl groups is 2. The second-order valence-electron chi connectivity index (χ2n) is 8.39. The minimum Gasteiger partial charge on any atom is -0.497 e. The van der Waals surface area contributed by atoms with E-state index < -0.39 is 17.3 Å². The molecule has 0 aliphatic rings. The monoisotopic (exact) mass is 530 g/mol. The van der Waals surface area contributed by atoms with Crippen LogP contribution in [0.4, 0.5) is 13.2 Å². The lowest BCUT2D eigenvalue weighted by Crippen LogP contribution is -2.22. The van der Waals surface area contributed by atoms with Crippen molar-refractivity contribution in [2.45, 2.75) is 39.2 Å². The molecule has 0 amide bonds. The van der Waals surface area contributed by atoms with E-state index in [0.717, 1.165) is 23.4 Å². The highest BCUT2D eigenvalue weighted by Crippen LogP contribution is 2.33. The summed E-state index contributed by atoms with van der Waals surface area (Å²) in [6.07, 6.45) is -1.45. The molecule has 0 aliphatic heterocycles. The van der Waals surface area contributed by atoms with Crippen LogP contribution in [0.15, 0.2) is 67.0 Å². The lowest BCUT2D eigenvalue weighted by atomic mass is 9.90. The van der Waals surface area contributed by atoms with Crippen LogP contribution in [0.1, 0.15) is 41.9 Å². The second-order valence-corrected chi connectivity index (χ2v) is 8.39. The van der Waals surface area contributed by atoms with Crippen molar-refractivity contribution in [2.75, 3.05) is 13.7 Å². The molecule has 1 atom stereocenters. The summed E-state index contributed by atoms with van der Waals surface area (Å²) in [7, 11) is 1.60. The molecule has 0 spiro atoms. The average Bonchev–Trinajstić information content (AvgIpc) is 3.39. The molecule has 0 saturated carbocycles. The normalized spacial score (nSPS) is 12.8. The van der Waals surface area contributed by atoms with Crippen LogP contribution in [0.5, 0.6) is 11.6 Å². The molecule has 1 unspecified atom stereocenters. The summed E-state index contributed by atoms with van der Waals surface area (Å²) in [5, 5.41) is 22.9. The van der Waals surface area contributed by atoms with Crippen molar-refractivity contribution in [3.05, 3.63) is 95.1 Å². The molecule has 0 radical (unpaired) electrons. The Kier molecular flexibility index (Phi) is 9.08. The van der Waals surface area contributed by atoms with Gasteiger partial charge >= 0.3 is 6.18 Å². The molecule has 0 aliphatic carbocycles. The Labute approximate surface area is 218 Å². The summed E-state index contributed by atoms with van der Waals surface area (Å²) in [6.45, 7) is 5.42. The molecule has 202 valence electrons. The van der Waals surface area contributed by atoms with E-state index in [-0.39, 0.29) is 13.2 Å². The molecule has 2 aromatic carbocycles. The number of alkyl halides is 3. The fourth-order valence-corrected chi connectivity index (χ4v) is 3.45. The van der Waals surface area contributed by atoms with Gasteiger partial charge in [0.05, 0.1) is 18.9 Å². The maximum Gasteiger partial charge on any atom is 0.416 e. The molecule has 0 fully saturated rings. The lowest BCUT2D eigenvalue weighted by Gasteiger charge is -2.23. The minimum absolute atomic E-state index is 0.250. The SMILES string of the molecule is CCO.COc1ccc(COc2cc(-n3cc(C(C)(O)c4ccc(C(F)(F)F)cc4)cn3)nc(C)n2)cc1. The van der Waals surface area contributed by atoms with Crippen LogP contribution < -0.4 is 9.47 Å². The Morgan fingerprint density at radius 3 is 2.13 bits per heavy atom. The third kappa shape index (κ3) is 7.08. The largest absolute Gasteiger partial charge is 0.497 e. The molecule has 11 heteroatoms. The first-order chi connectivity index (χ1) is 18.0. The first-order valence-corrected chi connectivity index (χ1v) is 11.7. The Hall–Kier alpha value is -3.96. The predicted octanol–water partition coefficient (Wildman–Crippen LogP) is 4.83. The molecule has 4 aromatic rings. The average molecular weight is 531 g/mol. The van der Waals surface area contributed by atoms with Crippen molar-refractivity contribution < 1.29 is 32.9 Å². The van der Waals surface area contributed by atoms with Crippen molar-refractivity contribution in [1.82, 2.24) is 19.7 Å². The smallest absolute Gasteiger partial charge is 0.416 e. The number of hydrogen-bond donors (Lipinski definition) is 2. The van der Waals surface area contributed by atoms with E-state index in [2.05, 4.69) is 15.1 Å². The van der Waals surface area contributed by atoms with Crippen LogP contribution in [0.25, 0.3) is 5.82 Å². The van der Waals surface area contributed by atoms with Crippen LogP contribution >= 0.6 is 0 Å². The number of hydrogen-bond acceptors (Lipinski definition) is 7. The highest BCUT2D eigenvalue weighted by Gasteiger charge is 2.32. The van der Waals surface area contributed by atoms with E-state index in [1.807, 2.05) is 24.3 Å². The van der Waals surface area contributed by atoms with E-state index in [1.54, 1.807) is 33.2 Å². The fourth-order valence-electron chi connectivity index (χ4n) is 3.45. The van der Waals surface area contributed by atoms with Crippen LogP contribution in [0.3, 0.4) is 0 Å². The topological polar surface area (TPSA) is 103 Å². The summed E-state index contributed by atoms with van der Waals surface area (Å²) in [6, 6.07) is 13.4. The van der Waals surface area contributed by atoms with Crippen LogP contribution in [0, 0.1) is 6.92 Å². The van der Waals surface area contributed by atoms with Crippen molar-refractivity contribution in [2.24, 2.45) is 0 Å². The number of benzene rings is 2. The molecule has 2 aromatic heterocycles. The maximum atomic E-state index is 12.9. The second kappa shape index (κ2) is 12.1. The van der Waals surface area contributed by atoms with E-state index >= 15 is 0 Å². The first kappa shape index (κ1) is 28.6. The van der Waals surface area contributed by atoms with Gasteiger partial charge in [0.2, 0.25) is 5.88 Å². The third-order valence-corrected chi connectivity index (χ3v) is 5.50. The van der Waals surface area contributed by atoms with Crippen molar-refractivity contribution >= 4 is 0 Å². The van der Waals surface area contributed by atoms with Gasteiger partial charge in [-0.3, -0.25) is 0 Å². The Morgan fingerprint density at radius 2 is 1.55 bits per heavy atom. The van der Waals surface area contributed by atoms with Gasteiger partial charge in [0.25, 0.3) is 0 Å². The zero-order valence-corrected chi connectivity index (χ0v) is 21.4. The minimum atomic E-state index is -4.45. The van der Waals surface area contributed by atoms with Gasteiger partial charge in [-0.2, -0.15) is 23.3 Å². The van der Waals surface area contributed by atoms with Crippen LogP contribution in [-0.2, 0) is 18.4 Å². The van der Waals surface area contributed by atoms with Gasteiger partial charge in [0.1, 0.15) is 23.8 Å². The lowest BCUT2D eigenvalue weighted by molar-refractivity contribution is -0.137. The highest BCUT2D eigenvalue weighted by atomic mass is 19.4. The summed E-state index contributed by atoms with van der Waals surface area (Å²) in [5.41, 5.74) is -0.747. The van der Waals surface area contributed by atoms with Crippen molar-refractivity contribution in [3.8, 4) is 17.4 Å². The molecule has 0 saturated heterocycles. The number of rotatable bonds is 7. The van der Waals surface area contributed by atoms with E-state index in [0.29, 0.717) is 28.6 Å². The summed E-state index contributed by atoms with van der Waals surface area (Å²) >= 11 is 0. The number of aryl methyl sites for hydroxylation is 1. The van der Waals surface area contributed by atoms with Crippen molar-refractivity contribution in [1.29, 1.82) is 0 Å². The number of ether oxygens (including phenoxy) is 2. The molecule has 0 bridgehead atoms. The van der Waals surface area contributed by atoms with Crippen molar-refractivity contribution in [3.63, 3.8) is 0 Å². The zero-order valence-electron chi connectivity index (χ0n) is 21.4. The summed E-state index contributed by atoms with van der Waals surface area (Å²) in [4.78, 5) is 8.67. The molecular weight excluding hydrogens is 501 g/mol. The van der Waals surface area contributed by atoms with Gasteiger partial charge in [-0.05, 0) is 56.2 Å². The van der Waals surface area contributed by atoms with Gasteiger partial charge in [-0.15, -0.1) is 0 Å².